The molecule has 0 fully saturated rings. The van der Waals surface area contributed by atoms with Gasteiger partial charge in [0.15, 0.2) is 0 Å². The van der Waals surface area contributed by atoms with Gasteiger partial charge in [0, 0.05) is 18.1 Å². The Bertz CT molecular complexity index is 791. The first kappa shape index (κ1) is 13.2. The molecule has 0 radical (unpaired) electrons. The summed E-state index contributed by atoms with van der Waals surface area (Å²) in [5.74, 6) is 0.629. The number of aromatic nitrogens is 1. The number of hydrogen-bond acceptors (Lipinski definition) is 2. The SMILES string of the molecule is COc1cccc2c1cc(C(=O)Nc1ccccc1)n2C. The predicted molar refractivity (Wildman–Crippen MR) is 83.9 cm³/mol. The summed E-state index contributed by atoms with van der Waals surface area (Å²) in [6, 6.07) is 17.0. The number of ether oxygens (including phenoxy) is 1. The summed E-state index contributed by atoms with van der Waals surface area (Å²) in [6.07, 6.45) is 0. The number of nitrogens with zero attached hydrogens (tertiary/aromatic N) is 1. The molecule has 106 valence electrons. The number of hydrogen-bond donors (Lipinski definition) is 1. The van der Waals surface area contributed by atoms with E-state index in [1.165, 1.54) is 0 Å². The minimum Gasteiger partial charge on any atom is -0.496 e. The van der Waals surface area contributed by atoms with E-state index in [0.29, 0.717) is 5.69 Å². The smallest absolute Gasteiger partial charge is 0.272 e. The number of methoxy groups -OCH3 is 1. The Hall–Kier alpha value is -2.75. The van der Waals surface area contributed by atoms with Crippen LogP contribution in [0.5, 0.6) is 5.75 Å². The van der Waals surface area contributed by atoms with Gasteiger partial charge >= 0.3 is 0 Å². The molecule has 0 saturated heterocycles. The van der Waals surface area contributed by atoms with E-state index in [2.05, 4.69) is 5.32 Å². The molecule has 0 saturated carbocycles. The monoisotopic (exact) mass is 280 g/mol. The minimum atomic E-state index is -0.137. The number of aryl methyl sites for hydroxylation is 1. The van der Waals surface area contributed by atoms with Crippen LogP contribution >= 0.6 is 0 Å². The normalized spacial score (nSPS) is 10.6. The number of carbonyl (C=O) groups excluding carboxylic acids is 1. The van der Waals surface area contributed by atoms with Crippen molar-refractivity contribution in [2.45, 2.75) is 0 Å². The van der Waals surface area contributed by atoms with Gasteiger partial charge < -0.3 is 14.6 Å². The lowest BCUT2D eigenvalue weighted by Gasteiger charge is -2.06. The van der Waals surface area contributed by atoms with Gasteiger partial charge in [0.2, 0.25) is 0 Å². The molecule has 2 aromatic carbocycles. The summed E-state index contributed by atoms with van der Waals surface area (Å²) in [5, 5.41) is 3.83. The quantitative estimate of drug-likeness (QED) is 0.798. The van der Waals surface area contributed by atoms with Crippen LogP contribution in [0.2, 0.25) is 0 Å². The molecule has 4 heteroatoms. The fourth-order valence-electron chi connectivity index (χ4n) is 2.45. The van der Waals surface area contributed by atoms with Gasteiger partial charge in [-0.15, -0.1) is 0 Å². The van der Waals surface area contributed by atoms with Crippen molar-refractivity contribution >= 4 is 22.5 Å². The first-order valence-electron chi connectivity index (χ1n) is 6.69. The van der Waals surface area contributed by atoms with Crippen LogP contribution in [-0.4, -0.2) is 17.6 Å². The molecule has 3 aromatic rings. The summed E-state index contributed by atoms with van der Waals surface area (Å²) in [7, 11) is 3.51. The molecule has 1 amide bonds. The van der Waals surface area contributed by atoms with E-state index in [0.717, 1.165) is 22.3 Å². The summed E-state index contributed by atoms with van der Waals surface area (Å²) in [4.78, 5) is 12.4. The van der Waals surface area contributed by atoms with E-state index < -0.39 is 0 Å². The number of nitrogens with one attached hydrogen (secondary N) is 1. The van der Waals surface area contributed by atoms with Crippen LogP contribution in [-0.2, 0) is 7.05 Å². The standard InChI is InChI=1S/C17H16N2O2/c1-19-14-9-6-10-16(21-2)13(14)11-15(19)17(20)18-12-7-4-3-5-8-12/h3-11H,1-2H3,(H,18,20). The van der Waals surface area contributed by atoms with E-state index in [-0.39, 0.29) is 5.91 Å². The summed E-state index contributed by atoms with van der Waals surface area (Å²) in [5.41, 5.74) is 2.34. The van der Waals surface area contributed by atoms with E-state index >= 15 is 0 Å². The third-order valence-electron chi connectivity index (χ3n) is 3.53. The van der Waals surface area contributed by atoms with Gasteiger partial charge in [-0.2, -0.15) is 0 Å². The maximum absolute atomic E-state index is 12.4. The lowest BCUT2D eigenvalue weighted by molar-refractivity contribution is 0.102. The van der Waals surface area contributed by atoms with Crippen molar-refractivity contribution < 1.29 is 9.53 Å². The van der Waals surface area contributed by atoms with Gasteiger partial charge in [-0.3, -0.25) is 4.79 Å². The van der Waals surface area contributed by atoms with Crippen LogP contribution < -0.4 is 10.1 Å². The molecular weight excluding hydrogens is 264 g/mol. The molecule has 3 rings (SSSR count). The topological polar surface area (TPSA) is 43.3 Å². The van der Waals surface area contributed by atoms with Gasteiger partial charge in [0.05, 0.1) is 12.6 Å². The average Bonchev–Trinajstić information content (AvgIpc) is 2.86. The number of anilines is 1. The summed E-state index contributed by atoms with van der Waals surface area (Å²) < 4.78 is 7.22. The van der Waals surface area contributed by atoms with Crippen LogP contribution in [0.3, 0.4) is 0 Å². The Kier molecular flexibility index (Phi) is 3.36. The predicted octanol–water partition coefficient (Wildman–Crippen LogP) is 3.44. The Balaban J connectivity index is 2.01. The van der Waals surface area contributed by atoms with Gasteiger partial charge in [-0.25, -0.2) is 0 Å². The van der Waals surface area contributed by atoms with E-state index in [1.54, 1.807) is 7.11 Å². The second-order valence-electron chi connectivity index (χ2n) is 4.80. The summed E-state index contributed by atoms with van der Waals surface area (Å²) >= 11 is 0. The molecule has 0 aliphatic carbocycles. The van der Waals surface area contributed by atoms with E-state index in [4.69, 9.17) is 4.74 Å². The largest absolute Gasteiger partial charge is 0.496 e. The zero-order valence-corrected chi connectivity index (χ0v) is 12.0. The van der Waals surface area contributed by atoms with Gasteiger partial charge in [-0.1, -0.05) is 24.3 Å². The average molecular weight is 280 g/mol. The highest BCUT2D eigenvalue weighted by atomic mass is 16.5. The Morgan fingerprint density at radius 3 is 2.57 bits per heavy atom. The van der Waals surface area contributed by atoms with Crippen LogP contribution in [0.15, 0.2) is 54.6 Å². The molecule has 0 atom stereocenters. The van der Waals surface area contributed by atoms with Crippen LogP contribution in [0.4, 0.5) is 5.69 Å². The second kappa shape index (κ2) is 5.32. The number of benzene rings is 2. The highest BCUT2D eigenvalue weighted by Gasteiger charge is 2.15. The van der Waals surface area contributed by atoms with Crippen molar-refractivity contribution in [2.24, 2.45) is 7.05 Å². The van der Waals surface area contributed by atoms with Gasteiger partial charge in [-0.05, 0) is 30.3 Å². The first-order chi connectivity index (χ1) is 10.2. The molecule has 21 heavy (non-hydrogen) atoms. The number of para-hydroxylation sites is 1. The molecule has 1 heterocycles. The summed E-state index contributed by atoms with van der Waals surface area (Å²) in [6.45, 7) is 0. The molecule has 1 N–H and O–H groups in total. The molecule has 0 unspecified atom stereocenters. The third kappa shape index (κ3) is 2.36. The van der Waals surface area contributed by atoms with Crippen LogP contribution in [0.25, 0.3) is 10.9 Å². The molecule has 0 spiro atoms. The van der Waals surface area contributed by atoms with Crippen molar-refractivity contribution in [3.8, 4) is 5.75 Å². The molecular formula is C17H16N2O2. The molecule has 0 aliphatic rings. The number of carbonyl (C=O) groups is 1. The van der Waals surface area contributed by atoms with Gasteiger partial charge in [0.1, 0.15) is 11.4 Å². The van der Waals surface area contributed by atoms with Crippen molar-refractivity contribution in [1.29, 1.82) is 0 Å². The lowest BCUT2D eigenvalue weighted by atomic mass is 10.2. The van der Waals surface area contributed by atoms with E-state index in [9.17, 15) is 4.79 Å². The number of amides is 1. The van der Waals surface area contributed by atoms with Crippen molar-refractivity contribution in [3.05, 3.63) is 60.3 Å². The zero-order valence-electron chi connectivity index (χ0n) is 12.0. The molecule has 4 nitrogen and oxygen atoms in total. The van der Waals surface area contributed by atoms with Crippen molar-refractivity contribution in [3.63, 3.8) is 0 Å². The first-order valence-corrected chi connectivity index (χ1v) is 6.69. The molecule has 0 aliphatic heterocycles. The minimum absolute atomic E-state index is 0.137. The molecule has 1 aromatic heterocycles. The highest BCUT2D eigenvalue weighted by molar-refractivity contribution is 6.07. The third-order valence-corrected chi connectivity index (χ3v) is 3.53. The maximum Gasteiger partial charge on any atom is 0.272 e. The fourth-order valence-corrected chi connectivity index (χ4v) is 2.45. The fraction of sp³-hybridized carbons (Fsp3) is 0.118. The Morgan fingerprint density at radius 2 is 1.86 bits per heavy atom. The van der Waals surface area contributed by atoms with Crippen molar-refractivity contribution in [1.82, 2.24) is 4.57 Å². The zero-order chi connectivity index (χ0) is 14.8. The number of fused-ring (bicyclic) bond motifs is 1. The molecule has 0 bridgehead atoms. The van der Waals surface area contributed by atoms with Crippen LogP contribution in [0.1, 0.15) is 10.5 Å². The van der Waals surface area contributed by atoms with Gasteiger partial charge in [0.25, 0.3) is 5.91 Å². The Labute approximate surface area is 123 Å². The highest BCUT2D eigenvalue weighted by Crippen LogP contribution is 2.28. The number of rotatable bonds is 3. The van der Waals surface area contributed by atoms with Crippen molar-refractivity contribution in [2.75, 3.05) is 12.4 Å². The Morgan fingerprint density at radius 1 is 1.10 bits per heavy atom. The maximum atomic E-state index is 12.4. The van der Waals surface area contributed by atoms with E-state index in [1.807, 2.05) is 66.2 Å². The second-order valence-corrected chi connectivity index (χ2v) is 4.80. The lowest BCUT2D eigenvalue weighted by Crippen LogP contribution is -2.15. The van der Waals surface area contributed by atoms with Crippen LogP contribution in [0, 0.1) is 0 Å².